The molecule has 0 saturated heterocycles. The van der Waals surface area contributed by atoms with Gasteiger partial charge in [0.05, 0.1) is 0 Å². The number of amides is 1. The van der Waals surface area contributed by atoms with Gasteiger partial charge in [-0.25, -0.2) is 0 Å². The molecule has 1 amide bonds. The van der Waals surface area contributed by atoms with Crippen molar-refractivity contribution < 1.29 is 4.79 Å². The predicted octanol–water partition coefficient (Wildman–Crippen LogP) is 5.21. The minimum atomic E-state index is 0.0591. The maximum atomic E-state index is 12.3. The number of hydrogen-bond donors (Lipinski definition) is 1. The number of aryl methyl sites for hydroxylation is 1. The molecule has 0 spiro atoms. The summed E-state index contributed by atoms with van der Waals surface area (Å²) < 4.78 is 0. The molecule has 2 aromatic heterocycles. The van der Waals surface area contributed by atoms with Crippen molar-refractivity contribution in [3.05, 3.63) is 88.9 Å². The molecule has 0 aliphatic rings. The van der Waals surface area contributed by atoms with E-state index in [0.29, 0.717) is 13.0 Å². The lowest BCUT2D eigenvalue weighted by Gasteiger charge is -2.08. The van der Waals surface area contributed by atoms with Gasteiger partial charge in [0.15, 0.2) is 0 Å². The third-order valence-electron chi connectivity index (χ3n) is 4.64. The second-order valence-electron chi connectivity index (χ2n) is 6.51. The minimum absolute atomic E-state index is 0.0591. The van der Waals surface area contributed by atoms with Crippen molar-refractivity contribution in [3.8, 4) is 11.1 Å². The van der Waals surface area contributed by atoms with Crippen molar-refractivity contribution in [2.45, 2.75) is 19.4 Å². The molecule has 0 saturated carbocycles. The zero-order chi connectivity index (χ0) is 18.5. The molecule has 0 atom stereocenters. The first-order valence-electron chi connectivity index (χ1n) is 8.99. The zero-order valence-electron chi connectivity index (χ0n) is 14.9. The molecular formula is C23H20N2OS. The van der Waals surface area contributed by atoms with E-state index in [2.05, 4.69) is 63.5 Å². The van der Waals surface area contributed by atoms with Crippen LogP contribution in [0, 0.1) is 0 Å². The fourth-order valence-electron chi connectivity index (χ4n) is 3.22. The molecule has 0 fully saturated rings. The molecule has 0 radical (unpaired) electrons. The first-order chi connectivity index (χ1) is 13.3. The predicted molar refractivity (Wildman–Crippen MR) is 112 cm³/mol. The Labute approximate surface area is 162 Å². The van der Waals surface area contributed by atoms with Crippen LogP contribution in [0.25, 0.3) is 21.9 Å². The largest absolute Gasteiger partial charge is 0.352 e. The number of carbonyl (C=O) groups excluding carboxylic acids is 1. The second kappa shape index (κ2) is 8.14. The van der Waals surface area contributed by atoms with Gasteiger partial charge in [-0.2, -0.15) is 11.3 Å². The smallest absolute Gasteiger partial charge is 0.220 e. The Hall–Kier alpha value is -2.98. The number of hydrogen-bond acceptors (Lipinski definition) is 3. The lowest BCUT2D eigenvalue weighted by atomic mass is 10.0. The van der Waals surface area contributed by atoms with E-state index in [1.54, 1.807) is 17.5 Å². The van der Waals surface area contributed by atoms with Gasteiger partial charge in [0.1, 0.15) is 0 Å². The summed E-state index contributed by atoms with van der Waals surface area (Å²) in [6.07, 6.45) is 4.88. The molecule has 1 N–H and O–H groups in total. The van der Waals surface area contributed by atoms with Crippen molar-refractivity contribution in [2.24, 2.45) is 0 Å². The fraction of sp³-hybridized carbons (Fsp3) is 0.130. The van der Waals surface area contributed by atoms with Crippen LogP contribution in [0.4, 0.5) is 0 Å². The normalized spacial score (nSPS) is 10.8. The van der Waals surface area contributed by atoms with Crippen LogP contribution >= 0.6 is 11.3 Å². The summed E-state index contributed by atoms with van der Waals surface area (Å²) in [5, 5.41) is 9.60. The van der Waals surface area contributed by atoms with Gasteiger partial charge >= 0.3 is 0 Å². The highest BCUT2D eigenvalue weighted by Crippen LogP contribution is 2.22. The quantitative estimate of drug-likeness (QED) is 0.505. The third-order valence-corrected chi connectivity index (χ3v) is 5.32. The van der Waals surface area contributed by atoms with E-state index in [4.69, 9.17) is 0 Å². The molecule has 0 aliphatic heterocycles. The first-order valence-corrected chi connectivity index (χ1v) is 9.94. The van der Waals surface area contributed by atoms with Gasteiger partial charge in [-0.3, -0.25) is 9.78 Å². The van der Waals surface area contributed by atoms with Gasteiger partial charge in [0, 0.05) is 30.9 Å². The number of carbonyl (C=O) groups is 1. The van der Waals surface area contributed by atoms with Crippen LogP contribution in [0.15, 0.2) is 77.8 Å². The number of rotatable bonds is 6. The fourth-order valence-corrected chi connectivity index (χ4v) is 3.88. The van der Waals surface area contributed by atoms with Crippen LogP contribution in [0.2, 0.25) is 0 Å². The highest BCUT2D eigenvalue weighted by Gasteiger charge is 2.06. The van der Waals surface area contributed by atoms with Crippen molar-refractivity contribution in [3.63, 3.8) is 0 Å². The van der Waals surface area contributed by atoms with Crippen molar-refractivity contribution in [1.82, 2.24) is 10.3 Å². The molecule has 4 aromatic rings. The van der Waals surface area contributed by atoms with E-state index in [-0.39, 0.29) is 5.91 Å². The standard InChI is InChI=1S/C23H20N2OS/c26-23(9-8-19-6-3-5-18-4-1-2-7-22(18)19)25-14-17-12-21(15-24-13-17)20-10-11-27-16-20/h1-7,10-13,15-16H,8-9,14H2,(H,25,26). The third kappa shape index (κ3) is 4.23. The Morgan fingerprint density at radius 3 is 2.78 bits per heavy atom. The van der Waals surface area contributed by atoms with Crippen molar-refractivity contribution in [2.75, 3.05) is 0 Å². The molecule has 3 nitrogen and oxygen atoms in total. The summed E-state index contributed by atoms with van der Waals surface area (Å²) >= 11 is 1.67. The van der Waals surface area contributed by atoms with Crippen molar-refractivity contribution >= 4 is 28.0 Å². The zero-order valence-corrected chi connectivity index (χ0v) is 15.7. The minimum Gasteiger partial charge on any atom is -0.352 e. The van der Waals surface area contributed by atoms with E-state index in [9.17, 15) is 4.79 Å². The van der Waals surface area contributed by atoms with E-state index in [1.165, 1.54) is 16.3 Å². The molecule has 4 heteroatoms. The van der Waals surface area contributed by atoms with Crippen LogP contribution in [0.5, 0.6) is 0 Å². The molecule has 2 aromatic carbocycles. The number of fused-ring (bicyclic) bond motifs is 1. The molecule has 0 bridgehead atoms. The topological polar surface area (TPSA) is 42.0 Å². The number of benzene rings is 2. The highest BCUT2D eigenvalue weighted by atomic mass is 32.1. The van der Waals surface area contributed by atoms with Gasteiger partial charge in [0.25, 0.3) is 0 Å². The lowest BCUT2D eigenvalue weighted by Crippen LogP contribution is -2.23. The summed E-state index contributed by atoms with van der Waals surface area (Å²) in [4.78, 5) is 16.6. The Kier molecular flexibility index (Phi) is 5.26. The molecule has 134 valence electrons. The summed E-state index contributed by atoms with van der Waals surface area (Å²) in [6.45, 7) is 0.499. The number of nitrogens with one attached hydrogen (secondary N) is 1. The monoisotopic (exact) mass is 372 g/mol. The molecule has 27 heavy (non-hydrogen) atoms. The maximum Gasteiger partial charge on any atom is 0.220 e. The molecular weight excluding hydrogens is 352 g/mol. The van der Waals surface area contributed by atoms with Gasteiger partial charge in [-0.15, -0.1) is 0 Å². The Balaban J connectivity index is 1.35. The van der Waals surface area contributed by atoms with Gasteiger partial charge < -0.3 is 5.32 Å². The van der Waals surface area contributed by atoms with Gasteiger partial charge in [-0.05, 0) is 56.8 Å². The van der Waals surface area contributed by atoms with Gasteiger partial charge in [0.2, 0.25) is 5.91 Å². The van der Waals surface area contributed by atoms with Crippen LogP contribution in [0.1, 0.15) is 17.5 Å². The van der Waals surface area contributed by atoms with Crippen molar-refractivity contribution in [1.29, 1.82) is 0 Å². The van der Waals surface area contributed by atoms with E-state index < -0.39 is 0 Å². The van der Waals surface area contributed by atoms with Crippen LogP contribution in [0.3, 0.4) is 0 Å². The van der Waals surface area contributed by atoms with E-state index in [1.807, 2.05) is 18.3 Å². The maximum absolute atomic E-state index is 12.3. The average Bonchev–Trinajstić information content (AvgIpc) is 3.26. The first kappa shape index (κ1) is 17.4. The molecule has 0 unspecified atom stereocenters. The van der Waals surface area contributed by atoms with Gasteiger partial charge in [-0.1, -0.05) is 42.5 Å². The number of aromatic nitrogens is 1. The SMILES string of the molecule is O=C(CCc1cccc2ccccc12)NCc1cncc(-c2ccsc2)c1. The number of pyridine rings is 1. The second-order valence-corrected chi connectivity index (χ2v) is 7.29. The summed E-state index contributed by atoms with van der Waals surface area (Å²) in [7, 11) is 0. The summed E-state index contributed by atoms with van der Waals surface area (Å²) in [6, 6.07) is 18.7. The Morgan fingerprint density at radius 1 is 1.00 bits per heavy atom. The highest BCUT2D eigenvalue weighted by molar-refractivity contribution is 7.08. The summed E-state index contributed by atoms with van der Waals surface area (Å²) in [5.74, 6) is 0.0591. The van der Waals surface area contributed by atoms with E-state index in [0.717, 1.165) is 23.1 Å². The number of thiophene rings is 1. The Morgan fingerprint density at radius 2 is 1.89 bits per heavy atom. The van der Waals surface area contributed by atoms with Crippen LogP contribution in [-0.4, -0.2) is 10.9 Å². The molecule has 4 rings (SSSR count). The van der Waals surface area contributed by atoms with Crippen LogP contribution in [-0.2, 0) is 17.8 Å². The lowest BCUT2D eigenvalue weighted by molar-refractivity contribution is -0.121. The summed E-state index contributed by atoms with van der Waals surface area (Å²) in [5.41, 5.74) is 4.47. The number of nitrogens with zero attached hydrogens (tertiary/aromatic N) is 1. The van der Waals surface area contributed by atoms with Crippen LogP contribution < -0.4 is 5.32 Å². The molecule has 0 aliphatic carbocycles. The van der Waals surface area contributed by atoms with E-state index >= 15 is 0 Å². The average molecular weight is 372 g/mol. The molecule has 2 heterocycles. The Bertz CT molecular complexity index is 1050.